The Balaban J connectivity index is 1.58. The Kier molecular flexibility index (Phi) is 7.95. The molecule has 1 aliphatic rings. The largest absolute Gasteiger partial charge is 0.459 e. The van der Waals surface area contributed by atoms with Crippen LogP contribution < -0.4 is 11.2 Å². The van der Waals surface area contributed by atoms with E-state index in [-0.39, 0.29) is 17.5 Å². The summed E-state index contributed by atoms with van der Waals surface area (Å²) in [6.45, 7) is -0.471. The van der Waals surface area contributed by atoms with Crippen LogP contribution in [0.25, 0.3) is 0 Å². The summed E-state index contributed by atoms with van der Waals surface area (Å²) in [4.78, 5) is 50.7. The van der Waals surface area contributed by atoms with E-state index < -0.39 is 60.0 Å². The third-order valence-electron chi connectivity index (χ3n) is 5.56. The van der Waals surface area contributed by atoms with Crippen LogP contribution in [0.2, 0.25) is 10.0 Å². The van der Waals surface area contributed by atoms with Gasteiger partial charge >= 0.3 is 23.8 Å². The predicted molar refractivity (Wildman–Crippen MR) is 127 cm³/mol. The Hall–Kier alpha value is -3.61. The van der Waals surface area contributed by atoms with Crippen molar-refractivity contribution in [2.24, 2.45) is 0 Å². The summed E-state index contributed by atoms with van der Waals surface area (Å²) >= 11 is 11.6. The van der Waals surface area contributed by atoms with Crippen molar-refractivity contribution < 1.29 is 37.0 Å². The average Bonchev–Trinajstić information content (AvgIpc) is 3.24. The molecule has 0 spiro atoms. The van der Waals surface area contributed by atoms with Crippen LogP contribution in [0, 0.1) is 0 Å². The minimum absolute atomic E-state index is 0.121. The Morgan fingerprint density at radius 3 is 2.08 bits per heavy atom. The molecule has 4 rings (SSSR count). The van der Waals surface area contributed by atoms with Crippen LogP contribution in [0.15, 0.2) is 64.3 Å². The molecule has 200 valence electrons. The van der Waals surface area contributed by atoms with Crippen molar-refractivity contribution in [3.05, 3.63) is 102 Å². The van der Waals surface area contributed by atoms with Crippen molar-refractivity contribution >= 4 is 35.1 Å². The Morgan fingerprint density at radius 1 is 0.974 bits per heavy atom. The third kappa shape index (κ3) is 6.26. The quantitative estimate of drug-likeness (QED) is 0.439. The molecule has 3 aromatic rings. The molecule has 9 nitrogen and oxygen atoms in total. The molecule has 2 aromatic carbocycles. The number of carbonyl (C=O) groups excluding carboxylic acids is 2. The van der Waals surface area contributed by atoms with Gasteiger partial charge in [-0.15, -0.1) is 0 Å². The standard InChI is InChI=1S/C24H17Cl2F3N2O7/c25-14-5-1-12(2-6-14)21(33)36-11-18-17(38-22(34)13-3-7-15(26)8-4-13)9-19(37-18)31-10-16(24(27,28)29)20(32)30-23(31)35/h1-8,10,17-19H,9,11H2,(H,30,32,35)/t17-,18+,19+/m0/s1. The number of ether oxygens (including phenoxy) is 3. The molecule has 0 amide bonds. The molecular weight excluding hydrogens is 556 g/mol. The first kappa shape index (κ1) is 27.4. The number of esters is 2. The van der Waals surface area contributed by atoms with Crippen LogP contribution >= 0.6 is 23.2 Å². The summed E-state index contributed by atoms with van der Waals surface area (Å²) < 4.78 is 56.8. The number of hydrogen-bond acceptors (Lipinski definition) is 7. The molecule has 1 fully saturated rings. The maximum Gasteiger partial charge on any atom is 0.423 e. The van der Waals surface area contributed by atoms with Gasteiger partial charge in [0.1, 0.15) is 30.6 Å². The van der Waals surface area contributed by atoms with Gasteiger partial charge in [-0.05, 0) is 48.5 Å². The lowest BCUT2D eigenvalue weighted by Gasteiger charge is -2.19. The van der Waals surface area contributed by atoms with Gasteiger partial charge in [0, 0.05) is 22.7 Å². The summed E-state index contributed by atoms with van der Waals surface area (Å²) in [6.07, 6.45) is -8.70. The first-order valence-electron chi connectivity index (χ1n) is 10.9. The summed E-state index contributed by atoms with van der Waals surface area (Å²) in [6, 6.07) is 11.5. The molecule has 3 atom stereocenters. The van der Waals surface area contributed by atoms with Crippen molar-refractivity contribution in [1.29, 1.82) is 0 Å². The van der Waals surface area contributed by atoms with Gasteiger partial charge in [-0.1, -0.05) is 23.2 Å². The first-order valence-corrected chi connectivity index (χ1v) is 11.7. The highest BCUT2D eigenvalue weighted by atomic mass is 35.5. The number of nitrogens with zero attached hydrogens (tertiary/aromatic N) is 1. The Labute approximate surface area is 221 Å². The third-order valence-corrected chi connectivity index (χ3v) is 6.06. The highest BCUT2D eigenvalue weighted by Gasteiger charge is 2.42. The lowest BCUT2D eigenvalue weighted by Crippen LogP contribution is -2.36. The molecule has 1 aliphatic heterocycles. The molecule has 1 N–H and O–H groups in total. The fourth-order valence-corrected chi connectivity index (χ4v) is 3.92. The second kappa shape index (κ2) is 11.0. The molecule has 0 radical (unpaired) electrons. The zero-order valence-corrected chi connectivity index (χ0v) is 20.5. The fraction of sp³-hybridized carbons (Fsp3) is 0.250. The highest BCUT2D eigenvalue weighted by Crippen LogP contribution is 2.32. The maximum absolute atomic E-state index is 13.3. The number of hydrogen-bond donors (Lipinski definition) is 1. The van der Waals surface area contributed by atoms with Gasteiger partial charge in [0.2, 0.25) is 0 Å². The second-order valence-electron chi connectivity index (χ2n) is 8.13. The molecule has 1 aromatic heterocycles. The van der Waals surface area contributed by atoms with E-state index >= 15 is 0 Å². The molecule has 2 heterocycles. The van der Waals surface area contributed by atoms with Gasteiger partial charge in [0.05, 0.1) is 11.1 Å². The summed E-state index contributed by atoms with van der Waals surface area (Å²) in [7, 11) is 0. The van der Waals surface area contributed by atoms with Gasteiger partial charge in [-0.2, -0.15) is 13.2 Å². The Morgan fingerprint density at radius 2 is 1.53 bits per heavy atom. The van der Waals surface area contributed by atoms with Gasteiger partial charge in [0.25, 0.3) is 5.56 Å². The number of aromatic amines is 1. The molecule has 0 bridgehead atoms. The molecule has 38 heavy (non-hydrogen) atoms. The smallest absolute Gasteiger partial charge is 0.423 e. The molecule has 0 aliphatic carbocycles. The van der Waals surface area contributed by atoms with Crippen LogP contribution in [0.1, 0.15) is 38.9 Å². The minimum atomic E-state index is -5.05. The van der Waals surface area contributed by atoms with Crippen LogP contribution in [0.5, 0.6) is 0 Å². The van der Waals surface area contributed by atoms with E-state index in [1.807, 2.05) is 0 Å². The van der Waals surface area contributed by atoms with Gasteiger partial charge in [-0.25, -0.2) is 14.4 Å². The molecule has 14 heteroatoms. The van der Waals surface area contributed by atoms with Crippen molar-refractivity contribution in [3.63, 3.8) is 0 Å². The van der Waals surface area contributed by atoms with Crippen LogP contribution in [0.4, 0.5) is 13.2 Å². The first-order chi connectivity index (χ1) is 17.9. The van der Waals surface area contributed by atoms with Gasteiger partial charge < -0.3 is 14.2 Å². The minimum Gasteiger partial charge on any atom is -0.459 e. The van der Waals surface area contributed by atoms with E-state index in [9.17, 15) is 32.3 Å². The summed E-state index contributed by atoms with van der Waals surface area (Å²) in [5, 5.41) is 0.762. The van der Waals surface area contributed by atoms with Crippen molar-refractivity contribution in [2.75, 3.05) is 6.61 Å². The maximum atomic E-state index is 13.3. The van der Waals surface area contributed by atoms with E-state index in [1.54, 1.807) is 4.98 Å². The average molecular weight is 573 g/mol. The Bertz CT molecular complexity index is 1450. The SMILES string of the molecule is O=C(OC[C@H]1O[C@@H](n2cc(C(F)(F)F)c(=O)[nH]c2=O)C[C@@H]1OC(=O)c1ccc(Cl)cc1)c1ccc(Cl)cc1. The number of nitrogens with one attached hydrogen (secondary N) is 1. The zero-order valence-electron chi connectivity index (χ0n) is 19.0. The van der Waals surface area contributed by atoms with Crippen molar-refractivity contribution in [1.82, 2.24) is 9.55 Å². The summed E-state index contributed by atoms with van der Waals surface area (Å²) in [5.74, 6) is -1.58. The molecule has 0 unspecified atom stereocenters. The van der Waals surface area contributed by atoms with E-state index in [1.165, 1.54) is 48.5 Å². The molecular formula is C24H17Cl2F3N2O7. The number of aromatic nitrogens is 2. The van der Waals surface area contributed by atoms with E-state index in [2.05, 4.69) is 0 Å². The fourth-order valence-electron chi connectivity index (χ4n) is 3.67. The number of halogens is 5. The van der Waals surface area contributed by atoms with Crippen LogP contribution in [-0.2, 0) is 20.4 Å². The molecule has 1 saturated heterocycles. The molecule has 0 saturated carbocycles. The van der Waals surface area contributed by atoms with Crippen molar-refractivity contribution in [2.45, 2.75) is 31.0 Å². The second-order valence-corrected chi connectivity index (χ2v) is 9.00. The number of H-pyrrole nitrogens is 1. The summed E-state index contributed by atoms with van der Waals surface area (Å²) in [5.41, 5.74) is -4.13. The lowest BCUT2D eigenvalue weighted by atomic mass is 10.1. The topological polar surface area (TPSA) is 117 Å². The van der Waals surface area contributed by atoms with Gasteiger partial charge in [-0.3, -0.25) is 14.3 Å². The van der Waals surface area contributed by atoms with Crippen LogP contribution in [-0.4, -0.2) is 40.3 Å². The number of carbonyl (C=O) groups is 2. The highest BCUT2D eigenvalue weighted by molar-refractivity contribution is 6.31. The normalized spacial score (nSPS) is 19.2. The number of rotatable bonds is 6. The van der Waals surface area contributed by atoms with Gasteiger partial charge in [0.15, 0.2) is 0 Å². The number of benzene rings is 2. The number of alkyl halides is 3. The van der Waals surface area contributed by atoms with Crippen molar-refractivity contribution in [3.8, 4) is 0 Å². The van der Waals surface area contributed by atoms with E-state index in [0.29, 0.717) is 20.8 Å². The zero-order chi connectivity index (χ0) is 27.6. The monoisotopic (exact) mass is 572 g/mol. The lowest BCUT2D eigenvalue weighted by molar-refractivity contribution is -0.139. The van der Waals surface area contributed by atoms with E-state index in [4.69, 9.17) is 37.4 Å². The van der Waals surface area contributed by atoms with E-state index in [0.717, 1.165) is 0 Å². The predicted octanol–water partition coefficient (Wildman–Crippen LogP) is 4.23. The van der Waals surface area contributed by atoms with Crippen LogP contribution in [0.3, 0.4) is 0 Å².